The predicted octanol–water partition coefficient (Wildman–Crippen LogP) is 2.25. The third-order valence-electron chi connectivity index (χ3n) is 3.99. The van der Waals surface area contributed by atoms with E-state index in [1.54, 1.807) is 9.80 Å². The van der Waals surface area contributed by atoms with Crippen LogP contribution in [-0.4, -0.2) is 43.0 Å². The average Bonchev–Trinajstić information content (AvgIpc) is 2.60. The van der Waals surface area contributed by atoms with E-state index in [0.717, 1.165) is 11.3 Å². The third kappa shape index (κ3) is 3.74. The van der Waals surface area contributed by atoms with Crippen molar-refractivity contribution in [2.75, 3.05) is 31.1 Å². The Hall–Kier alpha value is -2.82. The van der Waals surface area contributed by atoms with Crippen molar-refractivity contribution in [2.45, 2.75) is 6.92 Å². The van der Waals surface area contributed by atoms with Gasteiger partial charge in [-0.05, 0) is 36.8 Å². The van der Waals surface area contributed by atoms with E-state index in [0.29, 0.717) is 18.8 Å². The molecule has 5 nitrogen and oxygen atoms in total. The van der Waals surface area contributed by atoms with Gasteiger partial charge in [-0.25, -0.2) is 0 Å². The smallest absolute Gasteiger partial charge is 0.261 e. The molecule has 0 atom stereocenters. The van der Waals surface area contributed by atoms with Gasteiger partial charge < -0.3 is 14.5 Å². The SMILES string of the molecule is Cc1cccc(OCC(=O)N2CCN(c3ccccc3)C(=O)C2)c1. The summed E-state index contributed by atoms with van der Waals surface area (Å²) in [7, 11) is 0. The standard InChI is InChI=1S/C19H20N2O3/c1-15-6-5-9-17(12-15)24-14-19(23)20-10-11-21(18(22)13-20)16-7-3-2-4-8-16/h2-9,12H,10-11,13-14H2,1H3. The molecule has 0 aromatic heterocycles. The monoisotopic (exact) mass is 324 g/mol. The number of benzene rings is 2. The quantitative estimate of drug-likeness (QED) is 0.867. The number of aryl methyl sites for hydroxylation is 1. The predicted molar refractivity (Wildman–Crippen MR) is 92.0 cm³/mol. The van der Waals surface area contributed by atoms with E-state index >= 15 is 0 Å². The van der Waals surface area contributed by atoms with Gasteiger partial charge in [0.25, 0.3) is 5.91 Å². The lowest BCUT2D eigenvalue weighted by molar-refractivity contribution is -0.138. The maximum absolute atomic E-state index is 12.3. The molecule has 5 heteroatoms. The van der Waals surface area contributed by atoms with E-state index in [4.69, 9.17) is 4.74 Å². The normalized spacial score (nSPS) is 14.6. The number of rotatable bonds is 4. The maximum atomic E-state index is 12.3. The molecule has 0 radical (unpaired) electrons. The van der Waals surface area contributed by atoms with Gasteiger partial charge in [0.1, 0.15) is 12.3 Å². The molecule has 0 spiro atoms. The topological polar surface area (TPSA) is 49.9 Å². The fraction of sp³-hybridized carbons (Fsp3) is 0.263. The molecule has 1 fully saturated rings. The van der Waals surface area contributed by atoms with Crippen LogP contribution in [0.2, 0.25) is 0 Å². The maximum Gasteiger partial charge on any atom is 0.261 e. The zero-order valence-corrected chi connectivity index (χ0v) is 13.6. The fourth-order valence-electron chi connectivity index (χ4n) is 2.71. The highest BCUT2D eigenvalue weighted by Crippen LogP contribution is 2.17. The van der Waals surface area contributed by atoms with Crippen LogP contribution < -0.4 is 9.64 Å². The molecule has 0 aliphatic carbocycles. The summed E-state index contributed by atoms with van der Waals surface area (Å²) in [4.78, 5) is 27.9. The lowest BCUT2D eigenvalue weighted by atomic mass is 10.2. The summed E-state index contributed by atoms with van der Waals surface area (Å²) in [6.07, 6.45) is 0. The van der Waals surface area contributed by atoms with Gasteiger partial charge >= 0.3 is 0 Å². The minimum absolute atomic E-state index is 0.0535. The molecular weight excluding hydrogens is 304 g/mol. The Kier molecular flexibility index (Phi) is 4.79. The molecule has 0 bridgehead atoms. The summed E-state index contributed by atoms with van der Waals surface area (Å²) in [5, 5.41) is 0. The zero-order valence-electron chi connectivity index (χ0n) is 13.6. The van der Waals surface area contributed by atoms with Crippen LogP contribution in [0.15, 0.2) is 54.6 Å². The van der Waals surface area contributed by atoms with Gasteiger partial charge in [-0.3, -0.25) is 9.59 Å². The molecule has 1 aliphatic rings. The first-order valence-electron chi connectivity index (χ1n) is 7.96. The molecule has 1 saturated heterocycles. The van der Waals surface area contributed by atoms with Crippen molar-refractivity contribution in [3.63, 3.8) is 0 Å². The molecule has 124 valence electrons. The number of carbonyl (C=O) groups excluding carboxylic acids is 2. The first kappa shape index (κ1) is 16.1. The second-order valence-corrected chi connectivity index (χ2v) is 5.80. The first-order chi connectivity index (χ1) is 11.6. The van der Waals surface area contributed by atoms with E-state index in [1.807, 2.05) is 61.5 Å². The lowest BCUT2D eigenvalue weighted by Crippen LogP contribution is -2.53. The largest absolute Gasteiger partial charge is 0.484 e. The molecule has 0 N–H and O–H groups in total. The average molecular weight is 324 g/mol. The molecule has 3 rings (SSSR count). The molecule has 2 amide bonds. The summed E-state index contributed by atoms with van der Waals surface area (Å²) in [6.45, 7) is 3.01. The Balaban J connectivity index is 1.55. The summed E-state index contributed by atoms with van der Waals surface area (Å²) in [5.41, 5.74) is 1.94. The Morgan fingerprint density at radius 3 is 2.58 bits per heavy atom. The van der Waals surface area contributed by atoms with Crippen molar-refractivity contribution < 1.29 is 14.3 Å². The molecular formula is C19H20N2O3. The van der Waals surface area contributed by atoms with E-state index in [-0.39, 0.29) is 25.0 Å². The summed E-state index contributed by atoms with van der Waals surface area (Å²) in [5.74, 6) is 0.423. The van der Waals surface area contributed by atoms with Gasteiger partial charge in [0.05, 0.1) is 0 Å². The van der Waals surface area contributed by atoms with Crippen molar-refractivity contribution in [2.24, 2.45) is 0 Å². The minimum Gasteiger partial charge on any atom is -0.484 e. The van der Waals surface area contributed by atoms with Crippen LogP contribution in [0.5, 0.6) is 5.75 Å². The molecule has 1 aliphatic heterocycles. The fourth-order valence-corrected chi connectivity index (χ4v) is 2.71. The van der Waals surface area contributed by atoms with Crippen LogP contribution in [0.3, 0.4) is 0 Å². The van der Waals surface area contributed by atoms with Gasteiger partial charge in [0.15, 0.2) is 6.61 Å². The van der Waals surface area contributed by atoms with Gasteiger partial charge in [-0.1, -0.05) is 30.3 Å². The van der Waals surface area contributed by atoms with Crippen LogP contribution in [0, 0.1) is 6.92 Å². The number of nitrogens with zero attached hydrogens (tertiary/aromatic N) is 2. The molecule has 1 heterocycles. The van der Waals surface area contributed by atoms with Crippen LogP contribution in [0.4, 0.5) is 5.69 Å². The highest BCUT2D eigenvalue weighted by Gasteiger charge is 2.28. The van der Waals surface area contributed by atoms with Crippen molar-refractivity contribution in [1.82, 2.24) is 4.90 Å². The van der Waals surface area contributed by atoms with Crippen LogP contribution >= 0.6 is 0 Å². The zero-order chi connectivity index (χ0) is 16.9. The van der Waals surface area contributed by atoms with Crippen molar-refractivity contribution in [3.05, 3.63) is 60.2 Å². The summed E-state index contributed by atoms with van der Waals surface area (Å²) < 4.78 is 5.53. The number of ether oxygens (including phenoxy) is 1. The number of carbonyl (C=O) groups is 2. The van der Waals surface area contributed by atoms with Crippen molar-refractivity contribution >= 4 is 17.5 Å². The van der Waals surface area contributed by atoms with Crippen LogP contribution in [-0.2, 0) is 9.59 Å². The Bertz CT molecular complexity index is 730. The summed E-state index contributed by atoms with van der Waals surface area (Å²) in [6, 6.07) is 17.1. The van der Waals surface area contributed by atoms with E-state index in [9.17, 15) is 9.59 Å². The second-order valence-electron chi connectivity index (χ2n) is 5.80. The third-order valence-corrected chi connectivity index (χ3v) is 3.99. The van der Waals surface area contributed by atoms with Crippen LogP contribution in [0.1, 0.15) is 5.56 Å². The van der Waals surface area contributed by atoms with Gasteiger partial charge in [0, 0.05) is 18.8 Å². The van der Waals surface area contributed by atoms with Crippen molar-refractivity contribution in [1.29, 1.82) is 0 Å². The minimum atomic E-state index is -0.169. The lowest BCUT2D eigenvalue weighted by Gasteiger charge is -2.34. The Morgan fingerprint density at radius 1 is 1.08 bits per heavy atom. The molecule has 0 saturated carbocycles. The number of piperazine rings is 1. The van der Waals surface area contributed by atoms with Crippen LogP contribution in [0.25, 0.3) is 0 Å². The van der Waals surface area contributed by atoms with Gasteiger partial charge in [-0.2, -0.15) is 0 Å². The van der Waals surface area contributed by atoms with E-state index in [1.165, 1.54) is 0 Å². The Morgan fingerprint density at radius 2 is 1.88 bits per heavy atom. The molecule has 0 unspecified atom stereocenters. The Labute approximate surface area is 141 Å². The highest BCUT2D eigenvalue weighted by molar-refractivity contribution is 5.98. The van der Waals surface area contributed by atoms with E-state index in [2.05, 4.69) is 0 Å². The van der Waals surface area contributed by atoms with Gasteiger partial charge in [0.2, 0.25) is 5.91 Å². The number of anilines is 1. The number of para-hydroxylation sites is 1. The number of hydrogen-bond acceptors (Lipinski definition) is 3. The van der Waals surface area contributed by atoms with Gasteiger partial charge in [-0.15, -0.1) is 0 Å². The summed E-state index contributed by atoms with van der Waals surface area (Å²) >= 11 is 0. The highest BCUT2D eigenvalue weighted by atomic mass is 16.5. The number of amides is 2. The second kappa shape index (κ2) is 7.17. The van der Waals surface area contributed by atoms with Crippen molar-refractivity contribution in [3.8, 4) is 5.75 Å². The first-order valence-corrected chi connectivity index (χ1v) is 7.96. The number of hydrogen-bond donors (Lipinski definition) is 0. The molecule has 2 aromatic carbocycles. The molecule has 2 aromatic rings. The molecule has 24 heavy (non-hydrogen) atoms. The van der Waals surface area contributed by atoms with E-state index < -0.39 is 0 Å².